The standard InChI is InChI=1S/C24H31BrN2O4/c1-30-22(29)19-9-18(27-4-6-31-7-5-27)2-3-20(19)26-21(28)14-23-10-16-8-17(11-23)13-24(25,12-16)15-23/h2-3,9,16-17H,4-8,10-15H2,1H3,(H,26,28). The minimum Gasteiger partial charge on any atom is -0.465 e. The van der Waals surface area contributed by atoms with Crippen molar-refractivity contribution >= 4 is 39.2 Å². The Balaban J connectivity index is 1.33. The number of nitrogens with zero attached hydrogens (tertiary/aromatic N) is 1. The third-order valence-electron chi connectivity index (χ3n) is 7.71. The average molecular weight is 491 g/mol. The van der Waals surface area contributed by atoms with Crippen LogP contribution in [0.5, 0.6) is 0 Å². The van der Waals surface area contributed by atoms with E-state index in [4.69, 9.17) is 9.47 Å². The van der Waals surface area contributed by atoms with E-state index in [1.54, 1.807) is 0 Å². The lowest BCUT2D eigenvalue weighted by Gasteiger charge is -2.60. The van der Waals surface area contributed by atoms with Crippen LogP contribution in [0.25, 0.3) is 0 Å². The van der Waals surface area contributed by atoms with Crippen molar-refractivity contribution in [2.75, 3.05) is 43.6 Å². The normalized spacial score (nSPS) is 33.9. The molecule has 5 fully saturated rings. The molecule has 1 N–H and O–H groups in total. The summed E-state index contributed by atoms with van der Waals surface area (Å²) in [6, 6.07) is 5.62. The highest BCUT2D eigenvalue weighted by Crippen LogP contribution is 2.65. The van der Waals surface area contributed by atoms with Crippen molar-refractivity contribution in [3.8, 4) is 0 Å². The third-order valence-corrected chi connectivity index (χ3v) is 8.63. The van der Waals surface area contributed by atoms with Gasteiger partial charge in [-0.05, 0) is 74.0 Å². The highest BCUT2D eigenvalue weighted by molar-refractivity contribution is 9.10. The summed E-state index contributed by atoms with van der Waals surface area (Å²) < 4.78 is 10.7. The molecule has 4 bridgehead atoms. The first kappa shape index (κ1) is 21.3. The number of carbonyl (C=O) groups excluding carboxylic acids is 2. The summed E-state index contributed by atoms with van der Waals surface area (Å²) in [5.74, 6) is 1.06. The van der Waals surface area contributed by atoms with Gasteiger partial charge in [0.2, 0.25) is 5.91 Å². The lowest BCUT2D eigenvalue weighted by Crippen LogP contribution is -2.53. The van der Waals surface area contributed by atoms with Crippen LogP contribution in [0.2, 0.25) is 0 Å². The highest BCUT2D eigenvalue weighted by atomic mass is 79.9. The number of rotatable bonds is 5. The summed E-state index contributed by atoms with van der Waals surface area (Å²) in [6.45, 7) is 2.91. The van der Waals surface area contributed by atoms with Gasteiger partial charge in [-0.15, -0.1) is 0 Å². The number of halogens is 1. The van der Waals surface area contributed by atoms with Gasteiger partial charge in [-0.2, -0.15) is 0 Å². The van der Waals surface area contributed by atoms with Crippen molar-refractivity contribution < 1.29 is 19.1 Å². The maximum absolute atomic E-state index is 13.1. The van der Waals surface area contributed by atoms with Gasteiger partial charge in [0.25, 0.3) is 0 Å². The van der Waals surface area contributed by atoms with Crippen molar-refractivity contribution in [1.82, 2.24) is 0 Å². The van der Waals surface area contributed by atoms with Crippen LogP contribution in [0.4, 0.5) is 11.4 Å². The number of esters is 1. The summed E-state index contributed by atoms with van der Waals surface area (Å²) in [5, 5.41) is 3.05. The van der Waals surface area contributed by atoms with Gasteiger partial charge >= 0.3 is 5.97 Å². The smallest absolute Gasteiger partial charge is 0.340 e. The topological polar surface area (TPSA) is 67.9 Å². The molecule has 168 valence electrons. The van der Waals surface area contributed by atoms with Gasteiger partial charge in [0, 0.05) is 29.5 Å². The number of anilines is 2. The summed E-state index contributed by atoms with van der Waals surface area (Å²) >= 11 is 4.03. The second-order valence-corrected chi connectivity index (χ2v) is 11.8. The Hall–Kier alpha value is -1.60. The molecule has 31 heavy (non-hydrogen) atoms. The number of morpholine rings is 1. The molecule has 1 heterocycles. The predicted octanol–water partition coefficient (Wildman–Crippen LogP) is 4.37. The fourth-order valence-corrected chi connectivity index (χ4v) is 8.53. The number of ether oxygens (including phenoxy) is 2. The number of hydrogen-bond acceptors (Lipinski definition) is 5. The zero-order valence-electron chi connectivity index (χ0n) is 18.1. The molecule has 5 aliphatic rings. The van der Waals surface area contributed by atoms with Gasteiger partial charge in [0.15, 0.2) is 0 Å². The monoisotopic (exact) mass is 490 g/mol. The molecule has 0 aromatic heterocycles. The van der Waals surface area contributed by atoms with Crippen LogP contribution >= 0.6 is 15.9 Å². The Bertz CT molecular complexity index is 868. The molecule has 4 saturated carbocycles. The summed E-state index contributed by atoms with van der Waals surface area (Å²) in [7, 11) is 1.38. The molecule has 1 amide bonds. The van der Waals surface area contributed by atoms with E-state index in [-0.39, 0.29) is 15.6 Å². The van der Waals surface area contributed by atoms with E-state index in [0.29, 0.717) is 30.9 Å². The molecule has 1 saturated heterocycles. The van der Waals surface area contributed by atoms with Crippen molar-refractivity contribution in [1.29, 1.82) is 0 Å². The largest absolute Gasteiger partial charge is 0.465 e. The average Bonchev–Trinajstić information content (AvgIpc) is 2.72. The van der Waals surface area contributed by atoms with Crippen LogP contribution in [0.15, 0.2) is 18.2 Å². The quantitative estimate of drug-likeness (QED) is 0.490. The van der Waals surface area contributed by atoms with Crippen molar-refractivity contribution in [3.63, 3.8) is 0 Å². The van der Waals surface area contributed by atoms with Crippen LogP contribution in [-0.2, 0) is 14.3 Å². The van der Waals surface area contributed by atoms with Crippen LogP contribution in [0.1, 0.15) is 55.3 Å². The molecule has 7 heteroatoms. The molecule has 0 spiro atoms. The molecular formula is C24H31BrN2O4. The summed E-state index contributed by atoms with van der Waals surface area (Å²) in [5.41, 5.74) is 1.98. The summed E-state index contributed by atoms with van der Waals surface area (Å²) in [6.07, 6.45) is 7.75. The zero-order valence-corrected chi connectivity index (χ0v) is 19.7. The van der Waals surface area contributed by atoms with Gasteiger partial charge in [0.05, 0.1) is 31.6 Å². The highest BCUT2D eigenvalue weighted by Gasteiger charge is 2.57. The Labute approximate surface area is 192 Å². The molecule has 0 radical (unpaired) electrons. The third kappa shape index (κ3) is 4.23. The number of carbonyl (C=O) groups is 2. The SMILES string of the molecule is COC(=O)c1cc(N2CCOCC2)ccc1NC(=O)CC12CC3CC(CC(Br)(C3)C1)C2. The van der Waals surface area contributed by atoms with E-state index in [0.717, 1.165) is 49.9 Å². The van der Waals surface area contributed by atoms with E-state index in [9.17, 15) is 9.59 Å². The fourth-order valence-electron chi connectivity index (χ4n) is 7.02. The molecule has 6 nitrogen and oxygen atoms in total. The number of nitrogens with one attached hydrogen (secondary N) is 1. The first-order valence-corrected chi connectivity index (χ1v) is 12.2. The molecular weight excluding hydrogens is 460 g/mol. The van der Waals surface area contributed by atoms with Gasteiger partial charge in [-0.1, -0.05) is 15.9 Å². The lowest BCUT2D eigenvalue weighted by atomic mass is 9.48. The number of hydrogen-bond donors (Lipinski definition) is 1. The second kappa shape index (κ2) is 8.07. The molecule has 1 aliphatic heterocycles. The summed E-state index contributed by atoms with van der Waals surface area (Å²) in [4.78, 5) is 27.8. The van der Waals surface area contributed by atoms with E-state index in [2.05, 4.69) is 26.1 Å². The maximum Gasteiger partial charge on any atom is 0.340 e. The predicted molar refractivity (Wildman–Crippen MR) is 123 cm³/mol. The minimum absolute atomic E-state index is 0.00215. The van der Waals surface area contributed by atoms with Crippen molar-refractivity contribution in [3.05, 3.63) is 23.8 Å². The van der Waals surface area contributed by atoms with Gasteiger partial charge in [-0.25, -0.2) is 4.79 Å². The van der Waals surface area contributed by atoms with E-state index >= 15 is 0 Å². The van der Waals surface area contributed by atoms with Gasteiger partial charge < -0.3 is 19.7 Å². The van der Waals surface area contributed by atoms with Gasteiger partial charge in [0.1, 0.15) is 0 Å². The molecule has 2 atom stereocenters. The first-order chi connectivity index (χ1) is 14.9. The molecule has 6 rings (SSSR count). The van der Waals surface area contributed by atoms with Crippen LogP contribution in [0.3, 0.4) is 0 Å². The molecule has 4 aliphatic carbocycles. The molecule has 1 aromatic carbocycles. The second-order valence-electron chi connectivity index (χ2n) is 10.2. The number of amides is 1. The Kier molecular flexibility index (Phi) is 5.53. The lowest BCUT2D eigenvalue weighted by molar-refractivity contribution is -0.123. The van der Waals surface area contributed by atoms with Gasteiger partial charge in [-0.3, -0.25) is 4.79 Å². The van der Waals surface area contributed by atoms with E-state index < -0.39 is 5.97 Å². The molecule has 1 aromatic rings. The van der Waals surface area contributed by atoms with Crippen LogP contribution in [-0.4, -0.2) is 49.6 Å². The number of alkyl halides is 1. The fraction of sp³-hybridized carbons (Fsp3) is 0.667. The maximum atomic E-state index is 13.1. The Morgan fingerprint density at radius 2 is 1.90 bits per heavy atom. The van der Waals surface area contributed by atoms with E-state index in [1.807, 2.05) is 18.2 Å². The minimum atomic E-state index is -0.431. The first-order valence-electron chi connectivity index (χ1n) is 11.4. The zero-order chi connectivity index (χ0) is 21.6. The van der Waals surface area contributed by atoms with Crippen molar-refractivity contribution in [2.24, 2.45) is 17.3 Å². The van der Waals surface area contributed by atoms with E-state index in [1.165, 1.54) is 26.4 Å². The number of methoxy groups -OCH3 is 1. The van der Waals surface area contributed by atoms with Crippen LogP contribution < -0.4 is 10.2 Å². The Morgan fingerprint density at radius 1 is 1.19 bits per heavy atom. The van der Waals surface area contributed by atoms with Crippen LogP contribution in [0, 0.1) is 17.3 Å². The molecule has 2 unspecified atom stereocenters. The van der Waals surface area contributed by atoms with Crippen molar-refractivity contribution in [2.45, 2.75) is 49.3 Å². The Morgan fingerprint density at radius 3 is 2.55 bits per heavy atom. The number of benzene rings is 1.